The third kappa shape index (κ3) is 2.89. The molecule has 1 aliphatic rings. The molecule has 0 spiro atoms. The molecule has 1 saturated heterocycles. The van der Waals surface area contributed by atoms with Crippen LogP contribution in [0.3, 0.4) is 0 Å². The average Bonchev–Trinajstić information content (AvgIpc) is 3.15. The fourth-order valence-corrected chi connectivity index (χ4v) is 2.81. The molecule has 0 N–H and O–H groups in total. The van der Waals surface area contributed by atoms with E-state index in [2.05, 4.69) is 10.3 Å². The van der Waals surface area contributed by atoms with Crippen molar-refractivity contribution in [2.45, 2.75) is 33.2 Å². The van der Waals surface area contributed by atoms with Crippen molar-refractivity contribution in [2.75, 3.05) is 13.1 Å². The zero-order valence-corrected chi connectivity index (χ0v) is 13.4. The van der Waals surface area contributed by atoms with Crippen molar-refractivity contribution in [3.8, 4) is 11.3 Å². The van der Waals surface area contributed by atoms with Gasteiger partial charge in [-0.15, -0.1) is 5.10 Å². The lowest BCUT2D eigenvalue weighted by atomic mass is 9.95. The second-order valence-electron chi connectivity index (χ2n) is 6.89. The highest BCUT2D eigenvalue weighted by atomic mass is 16.2. The Balaban J connectivity index is 1.72. The Labute approximate surface area is 130 Å². The molecule has 0 radical (unpaired) electrons. The molecule has 3 rings (SSSR count). The van der Waals surface area contributed by atoms with Gasteiger partial charge >= 0.3 is 0 Å². The molecule has 1 aliphatic heterocycles. The van der Waals surface area contributed by atoms with Crippen LogP contribution in [0.25, 0.3) is 11.3 Å². The highest BCUT2D eigenvalue weighted by molar-refractivity contribution is 5.81. The van der Waals surface area contributed by atoms with Crippen LogP contribution in [0.4, 0.5) is 0 Å². The lowest BCUT2D eigenvalue weighted by Crippen LogP contribution is -2.38. The average molecular weight is 298 g/mol. The predicted molar refractivity (Wildman–Crippen MR) is 85.1 cm³/mol. The van der Waals surface area contributed by atoms with Gasteiger partial charge in [0.25, 0.3) is 0 Å². The van der Waals surface area contributed by atoms with Gasteiger partial charge in [0.1, 0.15) is 5.69 Å². The van der Waals surface area contributed by atoms with Gasteiger partial charge in [-0.25, -0.2) is 4.68 Å². The second-order valence-corrected chi connectivity index (χ2v) is 6.89. The first-order chi connectivity index (χ1) is 10.4. The van der Waals surface area contributed by atoms with E-state index in [1.807, 2.05) is 66.9 Å². The van der Waals surface area contributed by atoms with Crippen LogP contribution in [-0.2, 0) is 4.79 Å². The zero-order valence-electron chi connectivity index (χ0n) is 13.4. The summed E-state index contributed by atoms with van der Waals surface area (Å²) in [6.07, 6.45) is 2.91. The molecule has 0 saturated carbocycles. The van der Waals surface area contributed by atoms with Crippen molar-refractivity contribution in [1.82, 2.24) is 19.9 Å². The molecular weight excluding hydrogens is 276 g/mol. The first kappa shape index (κ1) is 14.8. The quantitative estimate of drug-likeness (QED) is 0.856. The van der Waals surface area contributed by atoms with Gasteiger partial charge in [0, 0.05) is 24.1 Å². The van der Waals surface area contributed by atoms with Gasteiger partial charge in [0.15, 0.2) is 0 Å². The van der Waals surface area contributed by atoms with Crippen molar-refractivity contribution in [1.29, 1.82) is 0 Å². The van der Waals surface area contributed by atoms with Gasteiger partial charge in [-0.1, -0.05) is 56.3 Å². The first-order valence-corrected chi connectivity index (χ1v) is 7.72. The number of aromatic nitrogens is 3. The molecule has 1 amide bonds. The van der Waals surface area contributed by atoms with E-state index in [1.54, 1.807) is 0 Å². The lowest BCUT2D eigenvalue weighted by molar-refractivity contribution is -0.138. The maximum atomic E-state index is 12.4. The number of amides is 1. The summed E-state index contributed by atoms with van der Waals surface area (Å²) in [4.78, 5) is 14.3. The summed E-state index contributed by atoms with van der Waals surface area (Å²) in [6, 6.07) is 10.2. The molecule has 116 valence electrons. The maximum absolute atomic E-state index is 12.4. The summed E-state index contributed by atoms with van der Waals surface area (Å²) in [5.41, 5.74) is 1.61. The number of nitrogens with zero attached hydrogens (tertiary/aromatic N) is 4. The van der Waals surface area contributed by atoms with Crippen LogP contribution in [0.2, 0.25) is 0 Å². The minimum atomic E-state index is -0.327. The van der Waals surface area contributed by atoms with E-state index in [4.69, 9.17) is 0 Å². The zero-order chi connectivity index (χ0) is 15.7. The van der Waals surface area contributed by atoms with Gasteiger partial charge in [-0.3, -0.25) is 4.79 Å². The molecule has 5 heteroatoms. The van der Waals surface area contributed by atoms with Crippen molar-refractivity contribution in [2.24, 2.45) is 5.41 Å². The van der Waals surface area contributed by atoms with Crippen LogP contribution in [0.5, 0.6) is 0 Å². The molecule has 1 fully saturated rings. The normalized spacial score (nSPS) is 18.7. The van der Waals surface area contributed by atoms with Crippen molar-refractivity contribution in [3.63, 3.8) is 0 Å². The van der Waals surface area contributed by atoms with Crippen molar-refractivity contribution in [3.05, 3.63) is 36.5 Å². The standard InChI is InChI=1S/C17H22N4O/c1-17(2,3)16(22)20-10-9-14(11-20)21-12-15(18-19-21)13-7-5-4-6-8-13/h4-8,12,14H,9-11H2,1-3H3/t14-/m1/s1. The molecule has 1 atom stereocenters. The lowest BCUT2D eigenvalue weighted by Gasteiger charge is -2.25. The number of hydrogen-bond acceptors (Lipinski definition) is 3. The van der Waals surface area contributed by atoms with Gasteiger partial charge in [-0.05, 0) is 6.42 Å². The number of carbonyl (C=O) groups is 1. The molecule has 2 aromatic rings. The van der Waals surface area contributed by atoms with Crippen molar-refractivity contribution < 1.29 is 4.79 Å². The molecule has 5 nitrogen and oxygen atoms in total. The number of rotatable bonds is 2. The van der Waals surface area contributed by atoms with Crippen LogP contribution in [0.1, 0.15) is 33.2 Å². The summed E-state index contributed by atoms with van der Waals surface area (Å²) in [5.74, 6) is 0.207. The van der Waals surface area contributed by atoms with Crippen LogP contribution >= 0.6 is 0 Å². The summed E-state index contributed by atoms with van der Waals surface area (Å²) in [5, 5.41) is 8.52. The Bertz CT molecular complexity index is 657. The Morgan fingerprint density at radius 3 is 2.64 bits per heavy atom. The Morgan fingerprint density at radius 1 is 1.23 bits per heavy atom. The van der Waals surface area contributed by atoms with Gasteiger partial charge < -0.3 is 4.90 Å². The predicted octanol–water partition coefficient (Wildman–Crippen LogP) is 2.76. The van der Waals surface area contributed by atoms with E-state index in [1.165, 1.54) is 0 Å². The topological polar surface area (TPSA) is 51.0 Å². The Kier molecular flexibility index (Phi) is 3.72. The smallest absolute Gasteiger partial charge is 0.228 e. The summed E-state index contributed by atoms with van der Waals surface area (Å²) in [7, 11) is 0. The van der Waals surface area contributed by atoms with E-state index in [9.17, 15) is 4.79 Å². The summed E-state index contributed by atoms with van der Waals surface area (Å²) >= 11 is 0. The van der Waals surface area contributed by atoms with E-state index in [0.717, 1.165) is 24.2 Å². The molecular formula is C17H22N4O. The fourth-order valence-electron chi connectivity index (χ4n) is 2.81. The highest BCUT2D eigenvalue weighted by Gasteiger charge is 2.33. The van der Waals surface area contributed by atoms with Gasteiger partial charge in [0.2, 0.25) is 5.91 Å². The first-order valence-electron chi connectivity index (χ1n) is 7.72. The number of hydrogen-bond donors (Lipinski definition) is 0. The molecule has 1 aromatic heterocycles. The molecule has 2 heterocycles. The molecule has 22 heavy (non-hydrogen) atoms. The van der Waals surface area contributed by atoms with E-state index in [-0.39, 0.29) is 17.4 Å². The van der Waals surface area contributed by atoms with Gasteiger partial charge in [-0.2, -0.15) is 0 Å². The van der Waals surface area contributed by atoms with Crippen LogP contribution in [-0.4, -0.2) is 38.9 Å². The number of benzene rings is 1. The largest absolute Gasteiger partial charge is 0.340 e. The number of carbonyl (C=O) groups excluding carboxylic acids is 1. The number of likely N-dealkylation sites (tertiary alicyclic amines) is 1. The summed E-state index contributed by atoms with van der Waals surface area (Å²) in [6.45, 7) is 7.40. The Hall–Kier alpha value is -2.17. The van der Waals surface area contributed by atoms with Crippen molar-refractivity contribution >= 4 is 5.91 Å². The van der Waals surface area contributed by atoms with E-state index in [0.29, 0.717) is 6.54 Å². The molecule has 0 bridgehead atoms. The van der Waals surface area contributed by atoms with Crippen LogP contribution in [0, 0.1) is 5.41 Å². The molecule has 0 unspecified atom stereocenters. The monoisotopic (exact) mass is 298 g/mol. The SMILES string of the molecule is CC(C)(C)C(=O)N1CC[C@@H](n2cc(-c3ccccc3)nn2)C1. The highest BCUT2D eigenvalue weighted by Crippen LogP contribution is 2.27. The third-order valence-corrected chi connectivity index (χ3v) is 4.05. The van der Waals surface area contributed by atoms with Crippen LogP contribution in [0.15, 0.2) is 36.5 Å². The van der Waals surface area contributed by atoms with Gasteiger partial charge in [0.05, 0.1) is 12.2 Å². The minimum absolute atomic E-state index is 0.207. The Morgan fingerprint density at radius 2 is 1.95 bits per heavy atom. The maximum Gasteiger partial charge on any atom is 0.228 e. The minimum Gasteiger partial charge on any atom is -0.340 e. The fraction of sp³-hybridized carbons (Fsp3) is 0.471. The molecule has 0 aliphatic carbocycles. The van der Waals surface area contributed by atoms with Crippen LogP contribution < -0.4 is 0 Å². The third-order valence-electron chi connectivity index (χ3n) is 4.05. The summed E-state index contributed by atoms with van der Waals surface area (Å²) < 4.78 is 1.90. The molecule has 1 aromatic carbocycles. The van der Waals surface area contributed by atoms with E-state index < -0.39 is 0 Å². The van der Waals surface area contributed by atoms with E-state index >= 15 is 0 Å². The second kappa shape index (κ2) is 5.55.